The Morgan fingerprint density at radius 2 is 1.96 bits per heavy atom. The minimum atomic E-state index is -0.499. The standard InChI is InChI=1S/C18H16FN3OS/c1-12-6-5-7-13(10-12)17-20-21-18(22(17)2)24-11-16(23)14-8-3-4-9-15(14)19/h3-10H,11H2,1-2H3. The summed E-state index contributed by atoms with van der Waals surface area (Å²) in [4.78, 5) is 12.2. The summed E-state index contributed by atoms with van der Waals surface area (Å²) in [6, 6.07) is 14.0. The summed E-state index contributed by atoms with van der Waals surface area (Å²) in [5, 5.41) is 8.96. The molecule has 0 N–H and O–H groups in total. The van der Waals surface area contributed by atoms with E-state index in [2.05, 4.69) is 10.2 Å². The zero-order valence-corrected chi connectivity index (χ0v) is 14.2. The summed E-state index contributed by atoms with van der Waals surface area (Å²) >= 11 is 1.25. The number of hydrogen-bond acceptors (Lipinski definition) is 4. The molecule has 2 aromatic carbocycles. The van der Waals surface area contributed by atoms with Gasteiger partial charge in [-0.25, -0.2) is 4.39 Å². The lowest BCUT2D eigenvalue weighted by Gasteiger charge is -2.05. The van der Waals surface area contributed by atoms with E-state index < -0.39 is 5.82 Å². The van der Waals surface area contributed by atoms with Gasteiger partial charge in [0.25, 0.3) is 0 Å². The van der Waals surface area contributed by atoms with Crippen LogP contribution in [0, 0.1) is 12.7 Å². The van der Waals surface area contributed by atoms with Crippen LogP contribution in [0.3, 0.4) is 0 Å². The van der Waals surface area contributed by atoms with Crippen LogP contribution < -0.4 is 0 Å². The second-order valence-corrected chi connectivity index (χ2v) is 6.37. The second-order valence-electron chi connectivity index (χ2n) is 5.43. The van der Waals surface area contributed by atoms with E-state index in [1.165, 1.54) is 23.9 Å². The molecule has 4 nitrogen and oxygen atoms in total. The number of aromatic nitrogens is 3. The van der Waals surface area contributed by atoms with E-state index in [-0.39, 0.29) is 17.1 Å². The first-order chi connectivity index (χ1) is 11.6. The Kier molecular flexibility index (Phi) is 4.76. The van der Waals surface area contributed by atoms with Crippen molar-refractivity contribution in [3.63, 3.8) is 0 Å². The second kappa shape index (κ2) is 6.97. The predicted molar refractivity (Wildman–Crippen MR) is 92.6 cm³/mol. The summed E-state index contributed by atoms with van der Waals surface area (Å²) in [5.74, 6) is 0.0834. The Balaban J connectivity index is 1.75. The summed E-state index contributed by atoms with van der Waals surface area (Å²) in [6.07, 6.45) is 0. The maximum absolute atomic E-state index is 13.6. The Morgan fingerprint density at radius 3 is 2.71 bits per heavy atom. The van der Waals surface area contributed by atoms with Crippen molar-refractivity contribution < 1.29 is 9.18 Å². The number of nitrogens with zero attached hydrogens (tertiary/aromatic N) is 3. The summed E-state index contributed by atoms with van der Waals surface area (Å²) < 4.78 is 15.5. The highest BCUT2D eigenvalue weighted by Gasteiger charge is 2.15. The lowest BCUT2D eigenvalue weighted by Crippen LogP contribution is -2.06. The van der Waals surface area contributed by atoms with E-state index in [0.717, 1.165) is 17.0 Å². The highest BCUT2D eigenvalue weighted by Crippen LogP contribution is 2.24. The molecular formula is C18H16FN3OS. The van der Waals surface area contributed by atoms with Gasteiger partial charge in [0.2, 0.25) is 0 Å². The van der Waals surface area contributed by atoms with Crippen molar-refractivity contribution in [2.75, 3.05) is 5.75 Å². The van der Waals surface area contributed by atoms with Crippen molar-refractivity contribution in [2.24, 2.45) is 7.05 Å². The molecule has 1 heterocycles. The molecule has 0 aliphatic carbocycles. The van der Waals surface area contributed by atoms with Crippen LogP contribution in [0.25, 0.3) is 11.4 Å². The van der Waals surface area contributed by atoms with Gasteiger partial charge in [-0.15, -0.1) is 10.2 Å². The maximum Gasteiger partial charge on any atom is 0.191 e. The van der Waals surface area contributed by atoms with Crippen molar-refractivity contribution in [1.29, 1.82) is 0 Å². The molecular weight excluding hydrogens is 325 g/mol. The minimum Gasteiger partial charge on any atom is -0.305 e. The van der Waals surface area contributed by atoms with Crippen LogP contribution in [0.1, 0.15) is 15.9 Å². The number of Topliss-reactive ketones (excluding diaryl/α,β-unsaturated/α-hetero) is 1. The third-order valence-corrected chi connectivity index (χ3v) is 4.64. The predicted octanol–water partition coefficient (Wildman–Crippen LogP) is 3.90. The Morgan fingerprint density at radius 1 is 1.17 bits per heavy atom. The molecule has 0 aliphatic rings. The maximum atomic E-state index is 13.6. The number of rotatable bonds is 5. The Bertz CT molecular complexity index is 891. The molecule has 24 heavy (non-hydrogen) atoms. The summed E-state index contributed by atoms with van der Waals surface area (Å²) in [5.41, 5.74) is 2.21. The molecule has 122 valence electrons. The van der Waals surface area contributed by atoms with Gasteiger partial charge in [0.05, 0.1) is 11.3 Å². The molecule has 0 bridgehead atoms. The molecule has 0 unspecified atom stereocenters. The third-order valence-electron chi connectivity index (χ3n) is 3.62. The summed E-state index contributed by atoms with van der Waals surface area (Å²) in [6.45, 7) is 2.02. The van der Waals surface area contributed by atoms with Crippen LogP contribution in [0.5, 0.6) is 0 Å². The van der Waals surface area contributed by atoms with Crippen LogP contribution >= 0.6 is 11.8 Å². The molecule has 0 atom stereocenters. The Hall–Kier alpha value is -2.47. The molecule has 3 aromatic rings. The highest BCUT2D eigenvalue weighted by atomic mass is 32.2. The van der Waals surface area contributed by atoms with E-state index in [4.69, 9.17) is 0 Å². The number of thioether (sulfide) groups is 1. The number of carbonyl (C=O) groups excluding carboxylic acids is 1. The fourth-order valence-electron chi connectivity index (χ4n) is 2.37. The van der Waals surface area contributed by atoms with Crippen molar-refractivity contribution in [3.8, 4) is 11.4 Å². The van der Waals surface area contributed by atoms with Crippen LogP contribution in [0.2, 0.25) is 0 Å². The van der Waals surface area contributed by atoms with Crippen LogP contribution in [0.4, 0.5) is 4.39 Å². The molecule has 0 fully saturated rings. The third kappa shape index (κ3) is 3.38. The number of ketones is 1. The number of aryl methyl sites for hydroxylation is 1. The van der Waals surface area contributed by atoms with E-state index in [0.29, 0.717) is 5.16 Å². The smallest absolute Gasteiger partial charge is 0.191 e. The van der Waals surface area contributed by atoms with E-state index in [1.54, 1.807) is 12.1 Å². The number of hydrogen-bond donors (Lipinski definition) is 0. The Labute approximate surface area is 143 Å². The van der Waals surface area contributed by atoms with Gasteiger partial charge in [0.15, 0.2) is 16.8 Å². The SMILES string of the molecule is Cc1cccc(-c2nnc(SCC(=O)c3ccccc3F)n2C)c1. The van der Waals surface area contributed by atoms with Gasteiger partial charge in [0.1, 0.15) is 5.82 Å². The van der Waals surface area contributed by atoms with Crippen LogP contribution in [-0.2, 0) is 7.05 Å². The van der Waals surface area contributed by atoms with Crippen LogP contribution in [0.15, 0.2) is 53.7 Å². The molecule has 0 amide bonds. The van der Waals surface area contributed by atoms with Gasteiger partial charge < -0.3 is 4.57 Å². The first-order valence-corrected chi connectivity index (χ1v) is 8.42. The lowest BCUT2D eigenvalue weighted by atomic mass is 10.1. The van der Waals surface area contributed by atoms with Crippen molar-refractivity contribution in [2.45, 2.75) is 12.1 Å². The molecule has 6 heteroatoms. The van der Waals surface area contributed by atoms with Gasteiger partial charge in [0, 0.05) is 12.6 Å². The summed E-state index contributed by atoms with van der Waals surface area (Å²) in [7, 11) is 1.85. The van der Waals surface area contributed by atoms with Crippen LogP contribution in [-0.4, -0.2) is 26.3 Å². The van der Waals surface area contributed by atoms with Gasteiger partial charge in [-0.3, -0.25) is 4.79 Å². The fraction of sp³-hybridized carbons (Fsp3) is 0.167. The zero-order chi connectivity index (χ0) is 17.1. The molecule has 0 saturated carbocycles. The van der Waals surface area contributed by atoms with E-state index >= 15 is 0 Å². The fourth-order valence-corrected chi connectivity index (χ4v) is 3.17. The van der Waals surface area contributed by atoms with Gasteiger partial charge >= 0.3 is 0 Å². The number of carbonyl (C=O) groups is 1. The topological polar surface area (TPSA) is 47.8 Å². The van der Waals surface area contributed by atoms with Gasteiger partial charge in [-0.2, -0.15) is 0 Å². The molecule has 3 rings (SSSR count). The molecule has 0 radical (unpaired) electrons. The highest BCUT2D eigenvalue weighted by molar-refractivity contribution is 7.99. The zero-order valence-electron chi connectivity index (χ0n) is 13.4. The average Bonchev–Trinajstić information content (AvgIpc) is 2.94. The average molecular weight is 341 g/mol. The van der Waals surface area contributed by atoms with Crippen molar-refractivity contribution in [3.05, 3.63) is 65.5 Å². The molecule has 0 spiro atoms. The van der Waals surface area contributed by atoms with E-state index in [9.17, 15) is 9.18 Å². The quantitative estimate of drug-likeness (QED) is 0.521. The van der Waals surface area contributed by atoms with Crippen molar-refractivity contribution in [1.82, 2.24) is 14.8 Å². The monoisotopic (exact) mass is 341 g/mol. The van der Waals surface area contributed by atoms with Gasteiger partial charge in [-0.1, -0.05) is 47.7 Å². The van der Waals surface area contributed by atoms with Gasteiger partial charge in [-0.05, 0) is 25.1 Å². The lowest BCUT2D eigenvalue weighted by molar-refractivity contribution is 0.101. The largest absolute Gasteiger partial charge is 0.305 e. The first-order valence-electron chi connectivity index (χ1n) is 7.43. The van der Waals surface area contributed by atoms with E-state index in [1.807, 2.05) is 42.8 Å². The number of benzene rings is 2. The van der Waals surface area contributed by atoms with Crippen molar-refractivity contribution >= 4 is 17.5 Å². The number of halogens is 1. The molecule has 0 aliphatic heterocycles. The molecule has 1 aromatic heterocycles. The minimum absolute atomic E-state index is 0.103. The molecule has 0 saturated heterocycles. The first kappa shape index (κ1) is 16.4. The normalized spacial score (nSPS) is 10.8.